The lowest BCUT2D eigenvalue weighted by atomic mass is 9.86. The van der Waals surface area contributed by atoms with Crippen LogP contribution in [0.3, 0.4) is 0 Å². The largest absolute Gasteiger partial charge is 0.456 e. The second kappa shape index (κ2) is 7.95. The summed E-state index contributed by atoms with van der Waals surface area (Å²) in [6.45, 7) is -0.469. The maximum atomic E-state index is 12.0. The van der Waals surface area contributed by atoms with Crippen molar-refractivity contribution in [3.63, 3.8) is 0 Å². The number of rotatable bonds is 6. The molecule has 2 aliphatic carbocycles. The number of nitrogens with two attached hydrogens (primary N) is 1. The predicted octanol–water partition coefficient (Wildman–Crippen LogP) is 2.95. The van der Waals surface area contributed by atoms with E-state index in [0.717, 1.165) is 24.5 Å². The van der Waals surface area contributed by atoms with E-state index < -0.39 is 28.5 Å². The molecule has 2 bridgehead atoms. The molecular formula is C17H20Cl2N2O5S. The third-order valence-electron chi connectivity index (χ3n) is 5.29. The smallest absolute Gasteiger partial charge is 0.306 e. The van der Waals surface area contributed by atoms with Crippen molar-refractivity contribution in [3.8, 4) is 0 Å². The van der Waals surface area contributed by atoms with Crippen LogP contribution in [0.4, 0.5) is 5.69 Å². The van der Waals surface area contributed by atoms with E-state index in [1.54, 1.807) is 0 Å². The average Bonchev–Trinajstić information content (AvgIpc) is 3.18. The Morgan fingerprint density at radius 2 is 1.85 bits per heavy atom. The molecule has 1 aromatic rings. The molecule has 0 saturated heterocycles. The van der Waals surface area contributed by atoms with E-state index in [2.05, 4.69) is 5.32 Å². The second-order valence-corrected chi connectivity index (χ2v) is 9.53. The molecule has 7 nitrogen and oxygen atoms in total. The van der Waals surface area contributed by atoms with Gasteiger partial charge in [0, 0.05) is 6.42 Å². The fraction of sp³-hybridized carbons (Fsp3) is 0.529. The highest BCUT2D eigenvalue weighted by Gasteiger charge is 2.40. The number of hydrogen-bond acceptors (Lipinski definition) is 5. The highest BCUT2D eigenvalue weighted by atomic mass is 35.5. The Bertz CT molecular complexity index is 851. The fourth-order valence-corrected chi connectivity index (χ4v) is 5.33. The SMILES string of the molecule is NS(=O)(=O)c1cc(Cl)c(NC(=O)COC(=O)CC2CC3CCC2C3)c(Cl)c1. The molecule has 2 fully saturated rings. The molecule has 27 heavy (non-hydrogen) atoms. The van der Waals surface area contributed by atoms with Gasteiger partial charge in [0.1, 0.15) is 0 Å². The number of halogens is 2. The first kappa shape index (κ1) is 20.4. The highest BCUT2D eigenvalue weighted by molar-refractivity contribution is 7.89. The maximum Gasteiger partial charge on any atom is 0.306 e. The Hall–Kier alpha value is -1.35. The quantitative estimate of drug-likeness (QED) is 0.667. The monoisotopic (exact) mass is 434 g/mol. The van der Waals surface area contributed by atoms with Crippen molar-refractivity contribution in [1.29, 1.82) is 0 Å². The van der Waals surface area contributed by atoms with E-state index in [1.807, 2.05) is 0 Å². The molecule has 0 aliphatic heterocycles. The van der Waals surface area contributed by atoms with Crippen molar-refractivity contribution in [2.45, 2.75) is 37.0 Å². The molecule has 3 atom stereocenters. The van der Waals surface area contributed by atoms with Gasteiger partial charge in [-0.3, -0.25) is 9.59 Å². The van der Waals surface area contributed by atoms with Crippen LogP contribution < -0.4 is 10.5 Å². The summed E-state index contributed by atoms with van der Waals surface area (Å²) in [7, 11) is -3.98. The Morgan fingerprint density at radius 3 is 2.37 bits per heavy atom. The minimum atomic E-state index is -3.98. The molecule has 10 heteroatoms. The lowest BCUT2D eigenvalue weighted by molar-refractivity contribution is -0.148. The number of sulfonamides is 1. The fourth-order valence-electron chi connectivity index (χ4n) is 4.05. The van der Waals surface area contributed by atoms with E-state index in [9.17, 15) is 18.0 Å². The number of amides is 1. The third kappa shape index (κ3) is 4.93. The molecule has 2 saturated carbocycles. The van der Waals surface area contributed by atoms with E-state index in [1.165, 1.54) is 19.3 Å². The van der Waals surface area contributed by atoms with Gasteiger partial charge in [-0.2, -0.15) is 0 Å². The van der Waals surface area contributed by atoms with Crippen LogP contribution in [-0.2, 0) is 24.3 Å². The summed E-state index contributed by atoms with van der Waals surface area (Å²) in [5, 5.41) is 7.26. The molecule has 1 amide bonds. The summed E-state index contributed by atoms with van der Waals surface area (Å²) in [5.74, 6) is 0.675. The zero-order chi connectivity index (χ0) is 19.8. The Morgan fingerprint density at radius 1 is 1.19 bits per heavy atom. The number of carbonyl (C=O) groups excluding carboxylic acids is 2. The standard InChI is InChI=1S/C17H20Cl2N2O5S/c18-13-6-12(27(20,24)25)7-14(19)17(13)21-15(22)8-26-16(23)5-11-4-9-1-2-10(11)3-9/h6-7,9-11H,1-5,8H2,(H,21,22)(H2,20,24,25). The van der Waals surface area contributed by atoms with Crippen LogP contribution in [0, 0.1) is 17.8 Å². The van der Waals surface area contributed by atoms with Crippen molar-refractivity contribution < 1.29 is 22.7 Å². The van der Waals surface area contributed by atoms with Crippen LogP contribution in [0.2, 0.25) is 10.0 Å². The van der Waals surface area contributed by atoms with Gasteiger partial charge in [-0.1, -0.05) is 29.6 Å². The molecule has 148 valence electrons. The summed E-state index contributed by atoms with van der Waals surface area (Å²) in [5.41, 5.74) is 0.0277. The van der Waals surface area contributed by atoms with Crippen molar-refractivity contribution >= 4 is 50.8 Å². The number of primary sulfonamides is 1. The number of hydrogen-bond donors (Lipinski definition) is 2. The van der Waals surface area contributed by atoms with E-state index in [-0.39, 0.29) is 20.6 Å². The summed E-state index contributed by atoms with van der Waals surface area (Å²) >= 11 is 11.9. The second-order valence-electron chi connectivity index (χ2n) is 7.15. The van der Waals surface area contributed by atoms with Gasteiger partial charge in [-0.05, 0) is 49.1 Å². The van der Waals surface area contributed by atoms with Gasteiger partial charge in [0.05, 0.1) is 20.6 Å². The first-order valence-electron chi connectivity index (χ1n) is 8.61. The van der Waals surface area contributed by atoms with Gasteiger partial charge in [0.15, 0.2) is 6.61 Å². The average molecular weight is 435 g/mol. The molecule has 2 aliphatic rings. The molecule has 0 aromatic heterocycles. The Labute approximate surface area is 167 Å². The van der Waals surface area contributed by atoms with E-state index in [4.69, 9.17) is 33.1 Å². The van der Waals surface area contributed by atoms with Gasteiger partial charge in [-0.15, -0.1) is 0 Å². The number of fused-ring (bicyclic) bond motifs is 2. The number of anilines is 1. The number of nitrogens with one attached hydrogen (secondary N) is 1. The predicted molar refractivity (Wildman–Crippen MR) is 101 cm³/mol. The molecule has 3 N–H and O–H groups in total. The summed E-state index contributed by atoms with van der Waals surface area (Å²) < 4.78 is 27.8. The minimum absolute atomic E-state index is 0.0277. The number of esters is 1. The third-order valence-corrected chi connectivity index (χ3v) is 6.78. The highest BCUT2D eigenvalue weighted by Crippen LogP contribution is 2.49. The van der Waals surface area contributed by atoms with Crippen LogP contribution in [0.25, 0.3) is 0 Å². The summed E-state index contributed by atoms with van der Waals surface area (Å²) in [6, 6.07) is 2.17. The maximum absolute atomic E-state index is 12.0. The first-order chi connectivity index (χ1) is 12.6. The van der Waals surface area contributed by atoms with Crippen molar-refractivity contribution in [2.24, 2.45) is 22.9 Å². The molecule has 1 aromatic carbocycles. The molecular weight excluding hydrogens is 415 g/mol. The lowest BCUT2D eigenvalue weighted by Crippen LogP contribution is -2.23. The number of carbonyl (C=O) groups is 2. The van der Waals surface area contributed by atoms with Gasteiger partial charge < -0.3 is 10.1 Å². The molecule has 3 rings (SSSR count). The number of ether oxygens (including phenoxy) is 1. The van der Waals surface area contributed by atoms with Crippen LogP contribution in [0.1, 0.15) is 32.1 Å². The molecule has 0 spiro atoms. The van der Waals surface area contributed by atoms with Crippen molar-refractivity contribution in [1.82, 2.24) is 0 Å². The zero-order valence-corrected chi connectivity index (χ0v) is 16.7. The van der Waals surface area contributed by atoms with Crippen LogP contribution in [0.5, 0.6) is 0 Å². The first-order valence-corrected chi connectivity index (χ1v) is 10.9. The Balaban J connectivity index is 1.52. The van der Waals surface area contributed by atoms with Gasteiger partial charge >= 0.3 is 5.97 Å². The van der Waals surface area contributed by atoms with Crippen molar-refractivity contribution in [2.75, 3.05) is 11.9 Å². The molecule has 3 unspecified atom stereocenters. The van der Waals surface area contributed by atoms with Crippen LogP contribution >= 0.6 is 23.2 Å². The normalized spacial score (nSPS) is 24.0. The minimum Gasteiger partial charge on any atom is -0.456 e. The van der Waals surface area contributed by atoms with E-state index in [0.29, 0.717) is 18.3 Å². The van der Waals surface area contributed by atoms with Gasteiger partial charge in [0.2, 0.25) is 10.0 Å². The summed E-state index contributed by atoms with van der Waals surface area (Å²) in [4.78, 5) is 23.7. The van der Waals surface area contributed by atoms with Crippen LogP contribution in [-0.4, -0.2) is 26.9 Å². The lowest BCUT2D eigenvalue weighted by Gasteiger charge is -2.20. The van der Waals surface area contributed by atoms with Crippen molar-refractivity contribution in [3.05, 3.63) is 22.2 Å². The summed E-state index contributed by atoms with van der Waals surface area (Å²) in [6.07, 6.45) is 5.02. The number of benzene rings is 1. The van der Waals surface area contributed by atoms with Gasteiger partial charge in [0.25, 0.3) is 5.91 Å². The molecule has 0 heterocycles. The zero-order valence-electron chi connectivity index (χ0n) is 14.4. The topological polar surface area (TPSA) is 116 Å². The van der Waals surface area contributed by atoms with Gasteiger partial charge in [-0.25, -0.2) is 13.6 Å². The van der Waals surface area contributed by atoms with E-state index >= 15 is 0 Å². The Kier molecular flexibility index (Phi) is 6.00. The molecule has 0 radical (unpaired) electrons. The van der Waals surface area contributed by atoms with Crippen LogP contribution in [0.15, 0.2) is 17.0 Å².